The summed E-state index contributed by atoms with van der Waals surface area (Å²) in [6.07, 6.45) is -2.62. The number of hydrogen-bond donors (Lipinski definition) is 2. The molecule has 3 nitrogen and oxygen atoms in total. The molecule has 1 aliphatic rings. The Morgan fingerprint density at radius 1 is 1.24 bits per heavy atom. The molecule has 0 spiro atoms. The van der Waals surface area contributed by atoms with Crippen LogP contribution < -0.4 is 0 Å². The van der Waals surface area contributed by atoms with Crippen molar-refractivity contribution in [1.82, 2.24) is 0 Å². The van der Waals surface area contributed by atoms with Crippen LogP contribution >= 0.6 is 0 Å². The van der Waals surface area contributed by atoms with Gasteiger partial charge in [-0.05, 0) is 6.07 Å². The summed E-state index contributed by atoms with van der Waals surface area (Å²) < 4.78 is 44.3. The molecule has 17 heavy (non-hydrogen) atoms. The Balaban J connectivity index is 2.28. The van der Waals surface area contributed by atoms with Crippen molar-refractivity contribution in [2.75, 3.05) is 6.61 Å². The van der Waals surface area contributed by atoms with E-state index < -0.39 is 42.4 Å². The molecular weight excluding hydrogens is 237 g/mol. The number of ether oxygens (including phenoxy) is 1. The molecule has 0 aliphatic carbocycles. The first-order valence-corrected chi connectivity index (χ1v) is 5.12. The summed E-state index contributed by atoms with van der Waals surface area (Å²) in [7, 11) is 0. The van der Waals surface area contributed by atoms with Crippen molar-refractivity contribution in [3.63, 3.8) is 0 Å². The molecule has 1 heterocycles. The molecule has 1 saturated heterocycles. The summed E-state index contributed by atoms with van der Waals surface area (Å²) in [4.78, 5) is 0. The number of halogens is 3. The molecule has 0 radical (unpaired) electrons. The highest BCUT2D eigenvalue weighted by Crippen LogP contribution is 2.35. The zero-order valence-corrected chi connectivity index (χ0v) is 8.74. The lowest BCUT2D eigenvalue weighted by Gasteiger charge is -2.13. The quantitative estimate of drug-likeness (QED) is 0.775. The van der Waals surface area contributed by atoms with Crippen LogP contribution in [0.2, 0.25) is 0 Å². The van der Waals surface area contributed by atoms with Crippen molar-refractivity contribution in [1.29, 1.82) is 0 Å². The molecule has 2 rings (SSSR count). The van der Waals surface area contributed by atoms with E-state index in [0.717, 1.165) is 12.1 Å². The second-order valence-corrected chi connectivity index (χ2v) is 3.91. The van der Waals surface area contributed by atoms with Crippen LogP contribution in [0.3, 0.4) is 0 Å². The number of rotatable bonds is 2. The van der Waals surface area contributed by atoms with Gasteiger partial charge in [-0.25, -0.2) is 13.2 Å². The van der Waals surface area contributed by atoms with Gasteiger partial charge in [0, 0.05) is 12.0 Å². The maximum atomic E-state index is 13.4. The first-order chi connectivity index (χ1) is 8.04. The van der Waals surface area contributed by atoms with E-state index in [4.69, 9.17) is 9.84 Å². The predicted octanol–water partition coefficient (Wildman–Crippen LogP) is 1.29. The molecule has 1 aliphatic heterocycles. The lowest BCUT2D eigenvalue weighted by Crippen LogP contribution is -2.24. The van der Waals surface area contributed by atoms with E-state index in [1.807, 2.05) is 0 Å². The first-order valence-electron chi connectivity index (χ1n) is 5.12. The molecule has 0 saturated carbocycles. The second kappa shape index (κ2) is 4.64. The molecule has 3 atom stereocenters. The molecule has 2 N–H and O–H groups in total. The molecule has 0 bridgehead atoms. The second-order valence-electron chi connectivity index (χ2n) is 3.91. The first kappa shape index (κ1) is 12.3. The molecule has 94 valence electrons. The zero-order chi connectivity index (χ0) is 12.6. The molecule has 1 aromatic rings. The van der Waals surface area contributed by atoms with Crippen LogP contribution in [0, 0.1) is 17.5 Å². The Kier molecular flexibility index (Phi) is 3.37. The summed E-state index contributed by atoms with van der Waals surface area (Å²) >= 11 is 0. The minimum Gasteiger partial charge on any atom is -0.394 e. The van der Waals surface area contributed by atoms with Gasteiger partial charge in [-0.3, -0.25) is 0 Å². The topological polar surface area (TPSA) is 49.7 Å². The van der Waals surface area contributed by atoms with Crippen LogP contribution in [0.4, 0.5) is 13.2 Å². The van der Waals surface area contributed by atoms with Gasteiger partial charge in [0.05, 0.1) is 18.8 Å². The van der Waals surface area contributed by atoms with Crippen LogP contribution in [0.25, 0.3) is 0 Å². The largest absolute Gasteiger partial charge is 0.394 e. The predicted molar refractivity (Wildman–Crippen MR) is 51.6 cm³/mol. The van der Waals surface area contributed by atoms with Gasteiger partial charge >= 0.3 is 0 Å². The van der Waals surface area contributed by atoms with Gasteiger partial charge in [-0.1, -0.05) is 6.07 Å². The SMILES string of the molecule is OC[C@H]1O[C@@H](c2ccc(F)c(F)c2F)C[C@@H]1O. The van der Waals surface area contributed by atoms with Crippen LogP contribution in [0.15, 0.2) is 12.1 Å². The van der Waals surface area contributed by atoms with E-state index in [1.54, 1.807) is 0 Å². The molecular formula is C11H11F3O3. The van der Waals surface area contributed by atoms with Gasteiger partial charge in [-0.2, -0.15) is 0 Å². The highest BCUT2D eigenvalue weighted by Gasteiger charge is 2.36. The Morgan fingerprint density at radius 3 is 2.53 bits per heavy atom. The van der Waals surface area contributed by atoms with Gasteiger partial charge in [0.1, 0.15) is 6.10 Å². The van der Waals surface area contributed by atoms with E-state index in [0.29, 0.717) is 0 Å². The van der Waals surface area contributed by atoms with Crippen LogP contribution in [0.5, 0.6) is 0 Å². The van der Waals surface area contributed by atoms with E-state index in [9.17, 15) is 18.3 Å². The molecule has 0 amide bonds. The van der Waals surface area contributed by atoms with Crippen molar-refractivity contribution in [3.05, 3.63) is 35.1 Å². The van der Waals surface area contributed by atoms with E-state index in [2.05, 4.69) is 0 Å². The van der Waals surface area contributed by atoms with Gasteiger partial charge < -0.3 is 14.9 Å². The zero-order valence-electron chi connectivity index (χ0n) is 8.74. The highest BCUT2D eigenvalue weighted by atomic mass is 19.2. The van der Waals surface area contributed by atoms with E-state index in [1.165, 1.54) is 0 Å². The molecule has 0 aromatic heterocycles. The summed E-state index contributed by atoms with van der Waals surface area (Å²) in [5.74, 6) is -4.16. The minimum atomic E-state index is -1.56. The normalized spacial score (nSPS) is 28.6. The Hall–Kier alpha value is -1.11. The molecule has 1 fully saturated rings. The third-order valence-electron chi connectivity index (χ3n) is 2.82. The lowest BCUT2D eigenvalue weighted by molar-refractivity contribution is -0.0235. The highest BCUT2D eigenvalue weighted by molar-refractivity contribution is 5.23. The van der Waals surface area contributed by atoms with Gasteiger partial charge in [0.2, 0.25) is 0 Å². The Morgan fingerprint density at radius 2 is 1.94 bits per heavy atom. The fourth-order valence-corrected chi connectivity index (χ4v) is 1.88. The molecule has 1 aromatic carbocycles. The average molecular weight is 248 g/mol. The van der Waals surface area contributed by atoms with Crippen molar-refractivity contribution < 1.29 is 28.1 Å². The van der Waals surface area contributed by atoms with Crippen LogP contribution in [-0.4, -0.2) is 29.0 Å². The van der Waals surface area contributed by atoms with Crippen LogP contribution in [0.1, 0.15) is 18.1 Å². The third-order valence-corrected chi connectivity index (χ3v) is 2.82. The Bertz CT molecular complexity index is 425. The van der Waals surface area contributed by atoms with Gasteiger partial charge in [0.15, 0.2) is 17.5 Å². The maximum Gasteiger partial charge on any atom is 0.194 e. The lowest BCUT2D eigenvalue weighted by atomic mass is 10.0. The van der Waals surface area contributed by atoms with Crippen molar-refractivity contribution in [2.24, 2.45) is 0 Å². The van der Waals surface area contributed by atoms with Gasteiger partial charge in [0.25, 0.3) is 0 Å². The third kappa shape index (κ3) is 2.15. The summed E-state index contributed by atoms with van der Waals surface area (Å²) in [6, 6.07) is 1.88. The Labute approximate surface area is 95.4 Å². The fourth-order valence-electron chi connectivity index (χ4n) is 1.88. The molecule has 6 heteroatoms. The molecule has 0 unspecified atom stereocenters. The summed E-state index contributed by atoms with van der Waals surface area (Å²) in [6.45, 7) is -0.414. The minimum absolute atomic E-state index is 0.0349. The van der Waals surface area contributed by atoms with Crippen molar-refractivity contribution in [2.45, 2.75) is 24.7 Å². The smallest absolute Gasteiger partial charge is 0.194 e. The number of hydrogen-bond acceptors (Lipinski definition) is 3. The fraction of sp³-hybridized carbons (Fsp3) is 0.455. The van der Waals surface area contributed by atoms with Crippen LogP contribution in [-0.2, 0) is 4.74 Å². The average Bonchev–Trinajstić information content (AvgIpc) is 2.67. The maximum absolute atomic E-state index is 13.4. The van der Waals surface area contributed by atoms with Gasteiger partial charge in [-0.15, -0.1) is 0 Å². The summed E-state index contributed by atoms with van der Waals surface area (Å²) in [5.41, 5.74) is -0.154. The van der Waals surface area contributed by atoms with Crippen molar-refractivity contribution in [3.8, 4) is 0 Å². The number of benzene rings is 1. The number of aliphatic hydroxyl groups is 2. The standard InChI is InChI=1S/C11H11F3O3/c12-6-2-1-5(10(13)11(6)14)8-3-7(16)9(4-15)17-8/h1-2,7-9,15-16H,3-4H2/t7-,8+,9+/m0/s1. The van der Waals surface area contributed by atoms with E-state index >= 15 is 0 Å². The van der Waals surface area contributed by atoms with E-state index in [-0.39, 0.29) is 12.0 Å². The number of aliphatic hydroxyl groups excluding tert-OH is 2. The monoisotopic (exact) mass is 248 g/mol. The van der Waals surface area contributed by atoms with Crippen molar-refractivity contribution >= 4 is 0 Å². The summed E-state index contributed by atoms with van der Waals surface area (Å²) in [5, 5.41) is 18.3.